The molecular formula is C23H22N8O4. The van der Waals surface area contributed by atoms with Gasteiger partial charge in [-0.25, -0.2) is 4.98 Å². The third-order valence-corrected chi connectivity index (χ3v) is 5.69. The zero-order chi connectivity index (χ0) is 23.9. The molecule has 4 aromatic heterocycles. The first kappa shape index (κ1) is 21.0. The number of hydrogen-bond acceptors (Lipinski definition) is 9. The van der Waals surface area contributed by atoms with Crippen LogP contribution in [0.15, 0.2) is 41.0 Å². The largest absolute Gasteiger partial charge is 0.461 e. The van der Waals surface area contributed by atoms with Gasteiger partial charge in [0.25, 0.3) is 0 Å². The van der Waals surface area contributed by atoms with Gasteiger partial charge in [-0.2, -0.15) is 14.6 Å². The van der Waals surface area contributed by atoms with E-state index < -0.39 is 0 Å². The van der Waals surface area contributed by atoms with Crippen LogP contribution in [0.25, 0.3) is 28.3 Å². The summed E-state index contributed by atoms with van der Waals surface area (Å²) < 4.78 is 19.5. The van der Waals surface area contributed by atoms with Crippen LogP contribution in [0.3, 0.4) is 0 Å². The normalized spacial score (nSPS) is 12.5. The molecular weight excluding hydrogens is 452 g/mol. The van der Waals surface area contributed by atoms with Gasteiger partial charge in [-0.1, -0.05) is 6.07 Å². The Morgan fingerprint density at radius 2 is 2.03 bits per heavy atom. The molecule has 2 N–H and O–H groups in total. The third-order valence-electron chi connectivity index (χ3n) is 5.69. The molecule has 12 heteroatoms. The number of ether oxygens (including phenoxy) is 2. The van der Waals surface area contributed by atoms with Crippen LogP contribution in [0.1, 0.15) is 18.9 Å². The van der Waals surface area contributed by atoms with E-state index in [1.54, 1.807) is 23.1 Å². The quantitative estimate of drug-likeness (QED) is 0.365. The van der Waals surface area contributed by atoms with E-state index in [-0.39, 0.29) is 25.1 Å². The molecule has 5 heterocycles. The molecule has 178 valence electrons. The summed E-state index contributed by atoms with van der Waals surface area (Å²) in [5, 5.41) is 16.0. The summed E-state index contributed by atoms with van der Waals surface area (Å²) in [6.45, 7) is 2.90. The summed E-state index contributed by atoms with van der Waals surface area (Å²) in [6.07, 6.45) is 2.32. The average Bonchev–Trinajstić information content (AvgIpc) is 3.64. The van der Waals surface area contributed by atoms with Crippen LogP contribution < -0.4 is 20.1 Å². The first-order chi connectivity index (χ1) is 17.1. The topological polar surface area (TPSA) is 134 Å². The molecule has 0 bridgehead atoms. The van der Waals surface area contributed by atoms with Gasteiger partial charge >= 0.3 is 0 Å². The van der Waals surface area contributed by atoms with E-state index in [2.05, 4.69) is 30.8 Å². The summed E-state index contributed by atoms with van der Waals surface area (Å²) >= 11 is 0. The van der Waals surface area contributed by atoms with Gasteiger partial charge in [-0.15, -0.1) is 5.10 Å². The summed E-state index contributed by atoms with van der Waals surface area (Å²) in [5.74, 6) is 3.07. The van der Waals surface area contributed by atoms with Crippen molar-refractivity contribution in [3.05, 3.63) is 42.2 Å². The van der Waals surface area contributed by atoms with Crippen molar-refractivity contribution in [2.75, 3.05) is 24.0 Å². The van der Waals surface area contributed by atoms with E-state index in [1.807, 2.05) is 32.2 Å². The molecule has 1 aliphatic heterocycles. The van der Waals surface area contributed by atoms with E-state index in [0.29, 0.717) is 52.7 Å². The minimum atomic E-state index is -0.214. The van der Waals surface area contributed by atoms with Crippen LogP contribution in [0.2, 0.25) is 0 Å². The molecule has 0 fully saturated rings. The van der Waals surface area contributed by atoms with Crippen LogP contribution >= 0.6 is 0 Å². The summed E-state index contributed by atoms with van der Waals surface area (Å²) in [6, 6.07) is 9.20. The number of carbonyl (C=O) groups is 1. The number of anilines is 2. The number of carbonyl (C=O) groups excluding carboxylic acids is 1. The van der Waals surface area contributed by atoms with Crippen LogP contribution in [0.4, 0.5) is 11.8 Å². The first-order valence-electron chi connectivity index (χ1n) is 11.2. The minimum absolute atomic E-state index is 0.213. The SMILES string of the molecule is CCNc1c2c(nc(NC(=O)CCc3ccc4c(c3)OCO4)n3nc(-c4ccco4)nc23)nn1C. The number of aromatic nitrogens is 6. The highest BCUT2D eigenvalue weighted by molar-refractivity contribution is 6.01. The maximum absolute atomic E-state index is 12.9. The molecule has 1 aliphatic rings. The lowest BCUT2D eigenvalue weighted by Crippen LogP contribution is -2.16. The number of nitrogens with one attached hydrogen (secondary N) is 2. The lowest BCUT2D eigenvalue weighted by molar-refractivity contribution is -0.116. The van der Waals surface area contributed by atoms with Gasteiger partial charge in [0.15, 0.2) is 28.6 Å². The number of rotatable bonds is 7. The van der Waals surface area contributed by atoms with E-state index in [0.717, 1.165) is 11.4 Å². The number of hydrogen-bond donors (Lipinski definition) is 2. The number of benzene rings is 1. The lowest BCUT2D eigenvalue weighted by Gasteiger charge is -2.08. The molecule has 0 spiro atoms. The van der Waals surface area contributed by atoms with E-state index in [9.17, 15) is 4.79 Å². The molecule has 0 radical (unpaired) electrons. The smallest absolute Gasteiger partial charge is 0.234 e. The number of furan rings is 1. The maximum atomic E-state index is 12.9. The van der Waals surface area contributed by atoms with Crippen LogP contribution in [0.5, 0.6) is 11.5 Å². The van der Waals surface area contributed by atoms with Crippen LogP contribution in [-0.2, 0) is 18.3 Å². The van der Waals surface area contributed by atoms with Gasteiger partial charge in [-0.3, -0.25) is 14.8 Å². The molecule has 0 aliphatic carbocycles. The van der Waals surface area contributed by atoms with Crippen molar-refractivity contribution in [1.82, 2.24) is 29.4 Å². The Hall–Kier alpha value is -4.61. The average molecular weight is 474 g/mol. The number of amides is 1. The standard InChI is InChI=1S/C23H22N8O4/c1-3-24-21-18-20(28-30(21)2)27-23(31-22(18)26-19(29-31)15-5-4-10-33-15)25-17(32)9-7-13-6-8-14-16(11-13)35-12-34-14/h4-6,8,10-11,24H,3,7,9,12H2,1-2H3,(H,25,27,28,32). The lowest BCUT2D eigenvalue weighted by atomic mass is 10.1. The van der Waals surface area contributed by atoms with Gasteiger partial charge in [0.2, 0.25) is 24.5 Å². The highest BCUT2D eigenvalue weighted by atomic mass is 16.7. The van der Waals surface area contributed by atoms with Gasteiger partial charge in [0.1, 0.15) is 11.2 Å². The Balaban J connectivity index is 1.33. The van der Waals surface area contributed by atoms with Crippen molar-refractivity contribution in [1.29, 1.82) is 0 Å². The Bertz CT molecular complexity index is 1550. The predicted octanol–water partition coefficient (Wildman–Crippen LogP) is 3.00. The highest BCUT2D eigenvalue weighted by Crippen LogP contribution is 2.33. The molecule has 1 amide bonds. The summed E-state index contributed by atoms with van der Waals surface area (Å²) in [7, 11) is 1.82. The predicted molar refractivity (Wildman–Crippen MR) is 126 cm³/mol. The third kappa shape index (κ3) is 3.68. The van der Waals surface area contributed by atoms with Crippen molar-refractivity contribution < 1.29 is 18.7 Å². The fourth-order valence-corrected chi connectivity index (χ4v) is 4.07. The molecule has 0 unspecified atom stereocenters. The van der Waals surface area contributed by atoms with Crippen molar-refractivity contribution >= 4 is 34.4 Å². The second-order valence-electron chi connectivity index (χ2n) is 8.02. The van der Waals surface area contributed by atoms with E-state index in [4.69, 9.17) is 13.9 Å². The Kier molecular flexibility index (Phi) is 4.98. The zero-order valence-corrected chi connectivity index (χ0v) is 19.1. The fraction of sp³-hybridized carbons (Fsp3) is 0.261. The van der Waals surface area contributed by atoms with Crippen LogP contribution in [-0.4, -0.2) is 48.6 Å². The Labute approximate surface area is 198 Å². The first-order valence-corrected chi connectivity index (χ1v) is 11.2. The molecule has 6 rings (SSSR count). The summed E-state index contributed by atoms with van der Waals surface area (Å²) in [4.78, 5) is 22.2. The monoisotopic (exact) mass is 474 g/mol. The second-order valence-corrected chi connectivity index (χ2v) is 8.02. The van der Waals surface area contributed by atoms with Crippen molar-refractivity contribution in [3.8, 4) is 23.1 Å². The van der Waals surface area contributed by atoms with Crippen LogP contribution in [0, 0.1) is 0 Å². The van der Waals surface area contributed by atoms with Crippen molar-refractivity contribution in [3.63, 3.8) is 0 Å². The Morgan fingerprint density at radius 1 is 1.14 bits per heavy atom. The number of fused-ring (bicyclic) bond motifs is 4. The zero-order valence-electron chi connectivity index (χ0n) is 19.1. The molecule has 12 nitrogen and oxygen atoms in total. The van der Waals surface area contributed by atoms with Crippen molar-refractivity contribution in [2.24, 2.45) is 7.05 Å². The van der Waals surface area contributed by atoms with Crippen molar-refractivity contribution in [2.45, 2.75) is 19.8 Å². The molecule has 0 saturated heterocycles. The Morgan fingerprint density at radius 3 is 2.86 bits per heavy atom. The number of nitrogens with zero attached hydrogens (tertiary/aromatic N) is 6. The maximum Gasteiger partial charge on any atom is 0.234 e. The summed E-state index contributed by atoms with van der Waals surface area (Å²) in [5.41, 5.74) is 1.93. The molecule has 35 heavy (non-hydrogen) atoms. The van der Waals surface area contributed by atoms with Gasteiger partial charge < -0.3 is 19.2 Å². The highest BCUT2D eigenvalue weighted by Gasteiger charge is 2.22. The second kappa shape index (κ2) is 8.31. The van der Waals surface area contributed by atoms with Gasteiger partial charge in [0.05, 0.1) is 6.26 Å². The van der Waals surface area contributed by atoms with Gasteiger partial charge in [0, 0.05) is 20.0 Å². The van der Waals surface area contributed by atoms with Gasteiger partial charge in [-0.05, 0) is 43.2 Å². The van der Waals surface area contributed by atoms with E-state index in [1.165, 1.54) is 4.52 Å². The minimum Gasteiger partial charge on any atom is -0.461 e. The molecule has 5 aromatic rings. The fourth-order valence-electron chi connectivity index (χ4n) is 4.07. The van der Waals surface area contributed by atoms with E-state index >= 15 is 0 Å². The molecule has 0 atom stereocenters. The molecule has 0 saturated carbocycles. The molecule has 1 aromatic carbocycles. The number of aryl methyl sites for hydroxylation is 2.